The fourth-order valence-corrected chi connectivity index (χ4v) is 4.11. The first-order valence-corrected chi connectivity index (χ1v) is 9.78. The van der Waals surface area contributed by atoms with Gasteiger partial charge >= 0.3 is 0 Å². The highest BCUT2D eigenvalue weighted by atomic mass is 32.2. The van der Waals surface area contributed by atoms with Gasteiger partial charge < -0.3 is 10.2 Å². The summed E-state index contributed by atoms with van der Waals surface area (Å²) in [7, 11) is 0. The number of nitrogens with one attached hydrogen (secondary N) is 1. The number of carbonyl (C=O) groups excluding carboxylic acids is 1. The third-order valence-electron chi connectivity index (χ3n) is 3.82. The lowest BCUT2D eigenvalue weighted by Crippen LogP contribution is -2.14. The topological polar surface area (TPSA) is 75.9 Å². The zero-order chi connectivity index (χ0) is 18.1. The van der Waals surface area contributed by atoms with E-state index in [1.165, 1.54) is 35.2 Å². The summed E-state index contributed by atoms with van der Waals surface area (Å²) < 4.78 is 15.1. The Labute approximate surface area is 157 Å². The molecule has 134 valence electrons. The van der Waals surface area contributed by atoms with E-state index in [0.717, 1.165) is 24.5 Å². The maximum absolute atomic E-state index is 13.1. The Balaban J connectivity index is 1.41. The van der Waals surface area contributed by atoms with Crippen LogP contribution >= 0.6 is 23.1 Å². The van der Waals surface area contributed by atoms with E-state index >= 15 is 0 Å². The van der Waals surface area contributed by atoms with Crippen LogP contribution in [0.2, 0.25) is 0 Å². The van der Waals surface area contributed by atoms with Crippen LogP contribution in [-0.2, 0) is 11.3 Å². The van der Waals surface area contributed by atoms with Crippen molar-refractivity contribution in [2.45, 2.75) is 18.6 Å². The van der Waals surface area contributed by atoms with Gasteiger partial charge in [-0.2, -0.15) is 0 Å². The number of anilines is 3. The summed E-state index contributed by atoms with van der Waals surface area (Å²) in [5.74, 6) is 0.532. The summed E-state index contributed by atoms with van der Waals surface area (Å²) in [6.07, 6.45) is 0. The van der Waals surface area contributed by atoms with Crippen molar-refractivity contribution in [2.24, 2.45) is 0 Å². The molecule has 0 spiro atoms. The number of benzene rings is 1. The Bertz CT molecular complexity index is 939. The molecule has 1 N–H and O–H groups in total. The number of aromatic nitrogens is 4. The largest absolute Gasteiger partial charge is 0.309 e. The Hall–Kier alpha value is -2.46. The molecule has 3 heterocycles. The maximum Gasteiger partial charge on any atom is 0.236 e. The molecule has 0 atom stereocenters. The second-order valence-corrected chi connectivity index (χ2v) is 7.49. The van der Waals surface area contributed by atoms with E-state index in [4.69, 9.17) is 0 Å². The predicted octanol–water partition coefficient (Wildman–Crippen LogP) is 3.06. The van der Waals surface area contributed by atoms with Gasteiger partial charge in [0.2, 0.25) is 11.9 Å². The number of thiazole rings is 1. The fraction of sp³-hybridized carbons (Fsp3) is 0.250. The van der Waals surface area contributed by atoms with Crippen molar-refractivity contribution in [1.82, 2.24) is 19.7 Å². The lowest BCUT2D eigenvalue weighted by atomic mass is 10.3. The van der Waals surface area contributed by atoms with Crippen LogP contribution < -0.4 is 10.2 Å². The Morgan fingerprint density at radius 1 is 1.31 bits per heavy atom. The van der Waals surface area contributed by atoms with Crippen LogP contribution in [0.4, 0.5) is 21.2 Å². The minimum atomic E-state index is -0.271. The highest BCUT2D eigenvalue weighted by Crippen LogP contribution is 2.32. The second-order valence-electron chi connectivity index (χ2n) is 5.69. The van der Waals surface area contributed by atoms with Gasteiger partial charge in [-0.15, -0.1) is 21.5 Å². The van der Waals surface area contributed by atoms with Crippen LogP contribution in [0.5, 0.6) is 0 Å². The normalized spacial score (nSPS) is 13.1. The molecule has 1 aromatic carbocycles. The van der Waals surface area contributed by atoms with Gasteiger partial charge in [0.15, 0.2) is 10.3 Å². The number of aryl methyl sites for hydroxylation is 1. The Morgan fingerprint density at radius 2 is 2.12 bits per heavy atom. The van der Waals surface area contributed by atoms with Gasteiger partial charge in [0, 0.05) is 24.2 Å². The highest BCUT2D eigenvalue weighted by molar-refractivity contribution is 7.99. The van der Waals surface area contributed by atoms with E-state index in [1.54, 1.807) is 12.1 Å². The minimum Gasteiger partial charge on any atom is -0.309 e. The molecule has 0 bridgehead atoms. The summed E-state index contributed by atoms with van der Waals surface area (Å²) >= 11 is 2.74. The van der Waals surface area contributed by atoms with Crippen molar-refractivity contribution in [3.05, 3.63) is 41.2 Å². The van der Waals surface area contributed by atoms with Crippen LogP contribution in [-0.4, -0.2) is 38.0 Å². The minimum absolute atomic E-state index is 0.130. The van der Waals surface area contributed by atoms with Crippen molar-refractivity contribution in [2.75, 3.05) is 22.5 Å². The predicted molar refractivity (Wildman–Crippen MR) is 99.6 cm³/mol. The van der Waals surface area contributed by atoms with Crippen molar-refractivity contribution < 1.29 is 9.18 Å². The molecule has 2 aromatic heterocycles. The quantitative estimate of drug-likeness (QED) is 0.675. The zero-order valence-corrected chi connectivity index (χ0v) is 15.5. The lowest BCUT2D eigenvalue weighted by molar-refractivity contribution is -0.113. The first-order chi connectivity index (χ1) is 12.6. The molecule has 10 heteroatoms. The third kappa shape index (κ3) is 3.42. The van der Waals surface area contributed by atoms with Gasteiger partial charge in [0.05, 0.1) is 11.4 Å². The van der Waals surface area contributed by atoms with Crippen LogP contribution in [0.3, 0.4) is 0 Å². The standard InChI is InChI=1S/C16H15FN6OS2/c1-10-8-25-14(18-10)19-13(24)9-26-16-21-20-15-22(6-7-23(15)16)12-4-2-11(17)3-5-12/h2-5,8H,6-7,9H2,1H3,(H,18,19,24). The number of amides is 1. The summed E-state index contributed by atoms with van der Waals surface area (Å²) in [4.78, 5) is 18.3. The number of rotatable bonds is 5. The van der Waals surface area contributed by atoms with E-state index in [2.05, 4.69) is 20.5 Å². The monoisotopic (exact) mass is 390 g/mol. The molecule has 0 radical (unpaired) electrons. The van der Waals surface area contributed by atoms with E-state index in [-0.39, 0.29) is 17.5 Å². The number of carbonyl (C=O) groups is 1. The molecular weight excluding hydrogens is 375 g/mol. The Kier molecular flexibility index (Phi) is 4.60. The molecule has 0 saturated heterocycles. The van der Waals surface area contributed by atoms with Crippen molar-refractivity contribution >= 4 is 45.8 Å². The third-order valence-corrected chi connectivity index (χ3v) is 5.66. The molecule has 3 aromatic rings. The molecule has 0 saturated carbocycles. The number of nitrogens with zero attached hydrogens (tertiary/aromatic N) is 5. The smallest absolute Gasteiger partial charge is 0.236 e. The second kappa shape index (κ2) is 7.04. The van der Waals surface area contributed by atoms with Gasteiger partial charge in [0.25, 0.3) is 0 Å². The van der Waals surface area contributed by atoms with Gasteiger partial charge in [-0.3, -0.25) is 9.36 Å². The number of fused-ring (bicyclic) bond motifs is 1. The van der Waals surface area contributed by atoms with E-state index in [1.807, 2.05) is 21.8 Å². The van der Waals surface area contributed by atoms with E-state index in [9.17, 15) is 9.18 Å². The molecule has 0 unspecified atom stereocenters. The molecular formula is C16H15FN6OS2. The van der Waals surface area contributed by atoms with Gasteiger partial charge in [0.1, 0.15) is 5.82 Å². The van der Waals surface area contributed by atoms with E-state index in [0.29, 0.717) is 16.2 Å². The SMILES string of the molecule is Cc1csc(NC(=O)CSc2nnc3n2CCN3c2ccc(F)cc2)n1. The first-order valence-electron chi connectivity index (χ1n) is 7.91. The summed E-state index contributed by atoms with van der Waals surface area (Å²) in [5, 5.41) is 14.4. The maximum atomic E-state index is 13.1. The number of hydrogen-bond acceptors (Lipinski definition) is 7. The van der Waals surface area contributed by atoms with Gasteiger partial charge in [-0.05, 0) is 31.2 Å². The van der Waals surface area contributed by atoms with E-state index < -0.39 is 0 Å². The molecule has 0 aliphatic carbocycles. The van der Waals surface area contributed by atoms with Gasteiger partial charge in [-0.25, -0.2) is 9.37 Å². The average Bonchev–Trinajstić information content (AvgIpc) is 3.31. The number of hydrogen-bond donors (Lipinski definition) is 1. The molecule has 4 rings (SSSR count). The summed E-state index contributed by atoms with van der Waals surface area (Å²) in [5.41, 5.74) is 1.75. The summed E-state index contributed by atoms with van der Waals surface area (Å²) in [6.45, 7) is 3.33. The summed E-state index contributed by atoms with van der Waals surface area (Å²) in [6, 6.07) is 6.29. The number of thioether (sulfide) groups is 1. The van der Waals surface area contributed by atoms with Crippen LogP contribution in [0, 0.1) is 12.7 Å². The lowest BCUT2D eigenvalue weighted by Gasteiger charge is -2.14. The molecule has 1 aliphatic heterocycles. The number of halogens is 1. The van der Waals surface area contributed by atoms with Crippen molar-refractivity contribution in [3.63, 3.8) is 0 Å². The highest BCUT2D eigenvalue weighted by Gasteiger charge is 2.26. The fourth-order valence-electron chi connectivity index (χ4n) is 2.65. The molecule has 1 aliphatic rings. The molecule has 7 nitrogen and oxygen atoms in total. The van der Waals surface area contributed by atoms with Crippen LogP contribution in [0.15, 0.2) is 34.8 Å². The molecule has 0 fully saturated rings. The zero-order valence-electron chi connectivity index (χ0n) is 13.8. The molecule has 26 heavy (non-hydrogen) atoms. The first kappa shape index (κ1) is 17.0. The van der Waals surface area contributed by atoms with Crippen LogP contribution in [0.1, 0.15) is 5.69 Å². The van der Waals surface area contributed by atoms with Crippen molar-refractivity contribution in [1.29, 1.82) is 0 Å². The average molecular weight is 390 g/mol. The van der Waals surface area contributed by atoms with Crippen molar-refractivity contribution in [3.8, 4) is 0 Å². The van der Waals surface area contributed by atoms with Gasteiger partial charge in [-0.1, -0.05) is 11.8 Å². The van der Waals surface area contributed by atoms with Crippen LogP contribution in [0.25, 0.3) is 0 Å². The molecule has 1 amide bonds. The Morgan fingerprint density at radius 3 is 2.85 bits per heavy atom.